The molecule has 3 aliphatic rings. The molecule has 1 aromatic carbocycles. The van der Waals surface area contributed by atoms with E-state index in [9.17, 15) is 4.79 Å². The lowest BCUT2D eigenvalue weighted by atomic mass is 9.98. The summed E-state index contributed by atoms with van der Waals surface area (Å²) in [6.45, 7) is 5.35. The van der Waals surface area contributed by atoms with Gasteiger partial charge >= 0.3 is 0 Å². The van der Waals surface area contributed by atoms with Gasteiger partial charge in [-0.3, -0.25) is 14.2 Å². The van der Waals surface area contributed by atoms with Crippen molar-refractivity contribution < 1.29 is 9.53 Å². The second kappa shape index (κ2) is 7.44. The van der Waals surface area contributed by atoms with E-state index in [1.807, 2.05) is 11.9 Å². The quantitative estimate of drug-likeness (QED) is 0.630. The number of ether oxygens (including phenoxy) is 1. The number of carbonyl (C=O) groups is 1. The molecule has 9 nitrogen and oxygen atoms in total. The van der Waals surface area contributed by atoms with Crippen molar-refractivity contribution >= 4 is 17.4 Å². The Balaban J connectivity index is 1.41. The third-order valence-electron chi connectivity index (χ3n) is 6.79. The first-order valence-electron chi connectivity index (χ1n) is 11.3. The fourth-order valence-corrected chi connectivity index (χ4v) is 5.01. The van der Waals surface area contributed by atoms with Crippen LogP contribution in [0.4, 0.5) is 11.5 Å². The molecule has 3 aliphatic heterocycles. The van der Waals surface area contributed by atoms with E-state index in [0.717, 1.165) is 49.6 Å². The summed E-state index contributed by atoms with van der Waals surface area (Å²) < 4.78 is 9.35. The molecule has 166 valence electrons. The lowest BCUT2D eigenvalue weighted by molar-refractivity contribution is -0.129. The van der Waals surface area contributed by atoms with Crippen LogP contribution >= 0.6 is 0 Å². The fraction of sp³-hybridized carbons (Fsp3) is 0.478. The molecule has 0 bridgehead atoms. The minimum atomic E-state index is 0.118. The molecule has 0 atom stereocenters. The van der Waals surface area contributed by atoms with E-state index in [2.05, 4.69) is 37.9 Å². The van der Waals surface area contributed by atoms with Gasteiger partial charge in [0.2, 0.25) is 5.91 Å². The first kappa shape index (κ1) is 19.5. The molecule has 6 rings (SSSR count). The normalized spacial score (nSPS) is 18.3. The topological polar surface area (TPSA) is 81.3 Å². The van der Waals surface area contributed by atoms with Crippen LogP contribution in [0.1, 0.15) is 36.2 Å². The molecule has 0 spiro atoms. The molecule has 1 amide bonds. The maximum Gasteiger partial charge on any atom is 0.219 e. The molecule has 5 heterocycles. The molecule has 32 heavy (non-hydrogen) atoms. The van der Waals surface area contributed by atoms with Gasteiger partial charge in [-0.2, -0.15) is 10.2 Å². The van der Waals surface area contributed by atoms with Crippen molar-refractivity contribution in [2.24, 2.45) is 7.05 Å². The lowest BCUT2D eigenvalue weighted by Crippen LogP contribution is -2.37. The molecular weight excluding hydrogens is 406 g/mol. The van der Waals surface area contributed by atoms with Crippen LogP contribution < -0.4 is 4.90 Å². The Kier molecular flexibility index (Phi) is 4.53. The number of aromatic nitrogens is 5. The van der Waals surface area contributed by atoms with Crippen molar-refractivity contribution in [3.8, 4) is 11.4 Å². The second-order valence-electron chi connectivity index (χ2n) is 8.92. The van der Waals surface area contributed by atoms with E-state index in [0.29, 0.717) is 25.8 Å². The summed E-state index contributed by atoms with van der Waals surface area (Å²) in [6, 6.07) is 6.77. The van der Waals surface area contributed by atoms with Gasteiger partial charge in [-0.05, 0) is 36.6 Å². The highest BCUT2D eigenvalue weighted by molar-refractivity contribution is 5.75. The summed E-state index contributed by atoms with van der Waals surface area (Å²) in [5, 5.41) is 9.57. The van der Waals surface area contributed by atoms with Gasteiger partial charge in [0.15, 0.2) is 11.6 Å². The minimum absolute atomic E-state index is 0.118. The summed E-state index contributed by atoms with van der Waals surface area (Å²) in [5.74, 6) is 1.85. The smallest absolute Gasteiger partial charge is 0.219 e. The van der Waals surface area contributed by atoms with Crippen molar-refractivity contribution in [2.45, 2.75) is 38.8 Å². The van der Waals surface area contributed by atoms with E-state index in [-0.39, 0.29) is 5.91 Å². The van der Waals surface area contributed by atoms with Crippen LogP contribution in [0.15, 0.2) is 24.5 Å². The summed E-state index contributed by atoms with van der Waals surface area (Å²) in [4.78, 5) is 20.8. The van der Waals surface area contributed by atoms with Crippen molar-refractivity contribution in [3.05, 3.63) is 41.3 Å². The number of aryl methyl sites for hydroxylation is 2. The number of hydrogen-bond donors (Lipinski definition) is 0. The van der Waals surface area contributed by atoms with Crippen LogP contribution in [0.2, 0.25) is 0 Å². The van der Waals surface area contributed by atoms with Crippen LogP contribution in [-0.2, 0) is 36.0 Å². The molecule has 0 radical (unpaired) electrons. The predicted molar refractivity (Wildman–Crippen MR) is 119 cm³/mol. The SMILES string of the molecule is CC(=O)N1CCc2c(c(N3CCCc4cc(-c5ncn(C)n5)ccc43)nn2C2COC2)C1. The summed E-state index contributed by atoms with van der Waals surface area (Å²) >= 11 is 0. The molecule has 1 fully saturated rings. The highest BCUT2D eigenvalue weighted by atomic mass is 16.5. The number of amides is 1. The number of fused-ring (bicyclic) bond motifs is 2. The maximum atomic E-state index is 12.1. The van der Waals surface area contributed by atoms with E-state index in [1.54, 1.807) is 17.9 Å². The zero-order valence-electron chi connectivity index (χ0n) is 18.5. The fourth-order valence-electron chi connectivity index (χ4n) is 5.01. The molecule has 9 heteroatoms. The number of anilines is 2. The van der Waals surface area contributed by atoms with E-state index < -0.39 is 0 Å². The van der Waals surface area contributed by atoms with Crippen LogP contribution in [0.25, 0.3) is 11.4 Å². The van der Waals surface area contributed by atoms with Crippen molar-refractivity contribution in [1.82, 2.24) is 29.4 Å². The van der Waals surface area contributed by atoms with Crippen LogP contribution in [-0.4, -0.2) is 61.7 Å². The van der Waals surface area contributed by atoms with Crippen molar-refractivity contribution in [3.63, 3.8) is 0 Å². The molecule has 0 N–H and O–H groups in total. The number of benzene rings is 1. The predicted octanol–water partition coefficient (Wildman–Crippen LogP) is 2.24. The first-order chi connectivity index (χ1) is 15.6. The number of nitrogens with zero attached hydrogens (tertiary/aromatic N) is 7. The molecule has 0 saturated carbocycles. The molecular formula is C23H27N7O2. The zero-order chi connectivity index (χ0) is 21.8. The zero-order valence-corrected chi connectivity index (χ0v) is 18.5. The summed E-state index contributed by atoms with van der Waals surface area (Å²) in [6.07, 6.45) is 4.64. The lowest BCUT2D eigenvalue weighted by Gasteiger charge is -2.33. The molecule has 2 aromatic heterocycles. The summed E-state index contributed by atoms with van der Waals surface area (Å²) in [5.41, 5.74) is 5.95. The van der Waals surface area contributed by atoms with Crippen LogP contribution in [0.3, 0.4) is 0 Å². The third kappa shape index (κ3) is 3.10. The molecule has 0 unspecified atom stereocenters. The van der Waals surface area contributed by atoms with Crippen LogP contribution in [0.5, 0.6) is 0 Å². The Morgan fingerprint density at radius 2 is 2.03 bits per heavy atom. The highest BCUT2D eigenvalue weighted by Gasteiger charge is 2.34. The van der Waals surface area contributed by atoms with Gasteiger partial charge in [-0.1, -0.05) is 0 Å². The van der Waals surface area contributed by atoms with Gasteiger partial charge in [0.1, 0.15) is 6.33 Å². The van der Waals surface area contributed by atoms with E-state index >= 15 is 0 Å². The minimum Gasteiger partial charge on any atom is -0.377 e. The van der Waals surface area contributed by atoms with Gasteiger partial charge < -0.3 is 14.5 Å². The molecule has 0 aliphatic carbocycles. The Bertz CT molecular complexity index is 1190. The Labute approximate surface area is 186 Å². The van der Waals surface area contributed by atoms with E-state index in [1.165, 1.54) is 22.5 Å². The molecule has 3 aromatic rings. The highest BCUT2D eigenvalue weighted by Crippen LogP contribution is 2.40. The Morgan fingerprint density at radius 3 is 2.75 bits per heavy atom. The second-order valence-corrected chi connectivity index (χ2v) is 8.92. The monoisotopic (exact) mass is 433 g/mol. The third-order valence-corrected chi connectivity index (χ3v) is 6.79. The van der Waals surface area contributed by atoms with Gasteiger partial charge in [0.05, 0.1) is 25.8 Å². The Hall–Kier alpha value is -3.20. The first-order valence-corrected chi connectivity index (χ1v) is 11.3. The number of carbonyl (C=O) groups excluding carboxylic acids is 1. The largest absolute Gasteiger partial charge is 0.377 e. The van der Waals surface area contributed by atoms with Gasteiger partial charge in [0, 0.05) is 56.0 Å². The van der Waals surface area contributed by atoms with Crippen molar-refractivity contribution in [2.75, 3.05) is 31.2 Å². The van der Waals surface area contributed by atoms with Gasteiger partial charge in [0.25, 0.3) is 0 Å². The number of hydrogen-bond acceptors (Lipinski definition) is 6. The van der Waals surface area contributed by atoms with Gasteiger partial charge in [-0.15, -0.1) is 0 Å². The van der Waals surface area contributed by atoms with Gasteiger partial charge in [-0.25, -0.2) is 4.98 Å². The average molecular weight is 434 g/mol. The Morgan fingerprint density at radius 1 is 1.16 bits per heavy atom. The standard InChI is InChI=1S/C23H27N7O2/c1-15(31)28-9-7-21-19(11-28)23(26-30(21)18-12-32-13-18)29-8-3-4-16-10-17(5-6-20(16)29)22-24-14-27(2)25-22/h5-6,10,14,18H,3-4,7-9,11-13H2,1-2H3. The number of rotatable bonds is 3. The average Bonchev–Trinajstić information content (AvgIpc) is 3.35. The van der Waals surface area contributed by atoms with Crippen molar-refractivity contribution in [1.29, 1.82) is 0 Å². The van der Waals surface area contributed by atoms with Crippen LogP contribution in [0, 0.1) is 0 Å². The molecule has 1 saturated heterocycles. The van der Waals surface area contributed by atoms with E-state index in [4.69, 9.17) is 9.84 Å². The summed E-state index contributed by atoms with van der Waals surface area (Å²) in [7, 11) is 1.88. The maximum absolute atomic E-state index is 12.1.